The van der Waals surface area contributed by atoms with Crippen LogP contribution in [0.3, 0.4) is 0 Å². The number of guanidine groups is 1. The lowest BCUT2D eigenvalue weighted by atomic mass is 9.99. The Kier molecular flexibility index (Phi) is 11.2. The summed E-state index contributed by atoms with van der Waals surface area (Å²) in [6, 6.07) is 2.02. The van der Waals surface area contributed by atoms with Crippen LogP contribution in [0.5, 0.6) is 0 Å². The number of carbonyl (C=O) groups excluding carboxylic acids is 1. The van der Waals surface area contributed by atoms with Crippen molar-refractivity contribution < 1.29 is 14.1 Å². The van der Waals surface area contributed by atoms with Crippen molar-refractivity contribution in [2.24, 2.45) is 4.99 Å². The average molecular weight is 507 g/mol. The van der Waals surface area contributed by atoms with Crippen LogP contribution in [0.4, 0.5) is 4.79 Å². The molecule has 1 aromatic heterocycles. The van der Waals surface area contributed by atoms with E-state index in [1.807, 2.05) is 19.9 Å². The van der Waals surface area contributed by atoms with Gasteiger partial charge in [-0.2, -0.15) is 0 Å². The van der Waals surface area contributed by atoms with Gasteiger partial charge in [0.25, 0.3) is 0 Å². The maximum Gasteiger partial charge on any atom is 0.409 e. The van der Waals surface area contributed by atoms with Gasteiger partial charge in [-0.15, -0.1) is 24.0 Å². The fourth-order valence-corrected chi connectivity index (χ4v) is 3.20. The summed E-state index contributed by atoms with van der Waals surface area (Å²) >= 11 is 0. The van der Waals surface area contributed by atoms with Crippen LogP contribution in [-0.2, 0) is 11.3 Å². The zero-order valence-electron chi connectivity index (χ0n) is 17.4. The molecule has 0 unspecified atom stereocenters. The molecule has 1 N–H and O–H groups in total. The van der Waals surface area contributed by atoms with Crippen LogP contribution < -0.4 is 5.32 Å². The number of halogens is 1. The van der Waals surface area contributed by atoms with Crippen LogP contribution >= 0.6 is 24.0 Å². The van der Waals surface area contributed by atoms with E-state index in [9.17, 15) is 4.79 Å². The second kappa shape index (κ2) is 12.8. The maximum absolute atomic E-state index is 11.8. The summed E-state index contributed by atoms with van der Waals surface area (Å²) in [4.78, 5) is 20.4. The Balaban J connectivity index is 0.00000392. The quantitative estimate of drug-likeness (QED) is 0.346. The first kappa shape index (κ1) is 24.5. The Morgan fingerprint density at radius 1 is 1.21 bits per heavy atom. The van der Waals surface area contributed by atoms with Gasteiger partial charge in [-0.1, -0.05) is 19.0 Å². The molecule has 0 aromatic carbocycles. The molecule has 1 aromatic rings. The normalized spacial score (nSPS) is 14.8. The van der Waals surface area contributed by atoms with Crippen molar-refractivity contribution >= 4 is 36.0 Å². The third-order valence-corrected chi connectivity index (χ3v) is 4.81. The van der Waals surface area contributed by atoms with Gasteiger partial charge in [0.05, 0.1) is 12.3 Å². The minimum absolute atomic E-state index is 0. The number of carbonyl (C=O) groups is 1. The lowest BCUT2D eigenvalue weighted by molar-refractivity contribution is 0.0914. The van der Waals surface area contributed by atoms with Crippen LogP contribution in [0, 0.1) is 0 Å². The minimum Gasteiger partial charge on any atom is -0.450 e. The zero-order chi connectivity index (χ0) is 19.6. The summed E-state index contributed by atoms with van der Waals surface area (Å²) < 4.78 is 10.5. The van der Waals surface area contributed by atoms with Crippen molar-refractivity contribution in [3.05, 3.63) is 17.5 Å². The molecule has 2 heterocycles. The smallest absolute Gasteiger partial charge is 0.409 e. The molecule has 9 heteroatoms. The summed E-state index contributed by atoms with van der Waals surface area (Å²) in [6.07, 6.45) is 1.87. The fraction of sp³-hybridized carbons (Fsp3) is 0.737. The Bertz CT molecular complexity index is 610. The summed E-state index contributed by atoms with van der Waals surface area (Å²) in [5.74, 6) is 2.05. The molecule has 0 atom stereocenters. The second-order valence-corrected chi connectivity index (χ2v) is 6.57. The summed E-state index contributed by atoms with van der Waals surface area (Å²) in [7, 11) is 0. The number of piperazine rings is 1. The van der Waals surface area contributed by atoms with Gasteiger partial charge in [-0.25, -0.2) is 9.79 Å². The highest BCUT2D eigenvalue weighted by molar-refractivity contribution is 14.0. The van der Waals surface area contributed by atoms with Gasteiger partial charge in [0, 0.05) is 44.7 Å². The van der Waals surface area contributed by atoms with Crippen molar-refractivity contribution in [1.29, 1.82) is 0 Å². The molecule has 1 saturated heterocycles. The highest BCUT2D eigenvalue weighted by Crippen LogP contribution is 2.22. The molecule has 0 bridgehead atoms. The molecule has 0 aliphatic carbocycles. The van der Waals surface area contributed by atoms with Crippen molar-refractivity contribution in [3.8, 4) is 0 Å². The van der Waals surface area contributed by atoms with E-state index >= 15 is 0 Å². The van der Waals surface area contributed by atoms with Crippen molar-refractivity contribution in [3.63, 3.8) is 0 Å². The van der Waals surface area contributed by atoms with Crippen molar-refractivity contribution in [2.75, 3.05) is 39.3 Å². The number of nitrogens with zero attached hydrogens (tertiary/aromatic N) is 4. The lowest BCUT2D eigenvalue weighted by Crippen LogP contribution is -2.53. The first-order valence-electron chi connectivity index (χ1n) is 10.0. The number of rotatable bonds is 7. The van der Waals surface area contributed by atoms with Crippen LogP contribution in [0.1, 0.15) is 57.9 Å². The number of aromatic nitrogens is 1. The van der Waals surface area contributed by atoms with Crippen molar-refractivity contribution in [2.45, 2.75) is 53.0 Å². The number of aliphatic imine (C=N–C) groups is 1. The van der Waals surface area contributed by atoms with E-state index in [2.05, 4.69) is 29.2 Å². The molecule has 1 aliphatic heterocycles. The van der Waals surface area contributed by atoms with Gasteiger partial charge in [-0.3, -0.25) is 0 Å². The molecular weight excluding hydrogens is 473 g/mol. The second-order valence-electron chi connectivity index (χ2n) is 6.57. The Hall–Kier alpha value is -1.52. The van der Waals surface area contributed by atoms with E-state index in [-0.39, 0.29) is 30.1 Å². The van der Waals surface area contributed by atoms with E-state index in [0.29, 0.717) is 32.2 Å². The monoisotopic (exact) mass is 507 g/mol. The van der Waals surface area contributed by atoms with Gasteiger partial charge in [0.15, 0.2) is 11.7 Å². The van der Waals surface area contributed by atoms with Gasteiger partial charge < -0.3 is 24.4 Å². The molecule has 1 amide bonds. The molecular formula is C19H34IN5O3. The molecule has 0 radical (unpaired) electrons. The molecule has 0 spiro atoms. The van der Waals surface area contributed by atoms with Gasteiger partial charge >= 0.3 is 6.09 Å². The number of ether oxygens (including phenoxy) is 1. The van der Waals surface area contributed by atoms with Crippen LogP contribution in [0.2, 0.25) is 0 Å². The Morgan fingerprint density at radius 3 is 2.43 bits per heavy atom. The number of nitrogens with one attached hydrogen (secondary N) is 1. The number of amides is 1. The number of hydrogen-bond acceptors (Lipinski definition) is 5. The standard InChI is InChI=1S/C19H33N5O3.HI/c1-5-15(6-2)17-13-16(27-22-17)14-21-18(20-7-3)23-9-11-24(12-10-23)19(25)26-8-4;/h13,15H,5-12,14H2,1-4H3,(H,20,21);1H. The Labute approximate surface area is 185 Å². The Morgan fingerprint density at radius 2 is 1.86 bits per heavy atom. The molecule has 8 nitrogen and oxygen atoms in total. The average Bonchev–Trinajstić information content (AvgIpc) is 3.15. The third-order valence-electron chi connectivity index (χ3n) is 4.81. The molecule has 1 aliphatic rings. The maximum atomic E-state index is 11.8. The van der Waals surface area contributed by atoms with Gasteiger partial charge in [-0.05, 0) is 26.7 Å². The van der Waals surface area contributed by atoms with E-state index in [1.165, 1.54) is 0 Å². The van der Waals surface area contributed by atoms with Crippen LogP contribution in [0.15, 0.2) is 15.6 Å². The molecule has 28 heavy (non-hydrogen) atoms. The van der Waals surface area contributed by atoms with Crippen LogP contribution in [0.25, 0.3) is 0 Å². The van der Waals surface area contributed by atoms with E-state index in [1.54, 1.807) is 4.90 Å². The largest absolute Gasteiger partial charge is 0.450 e. The fourth-order valence-electron chi connectivity index (χ4n) is 3.20. The third kappa shape index (κ3) is 6.82. The van der Waals surface area contributed by atoms with E-state index < -0.39 is 0 Å². The SMILES string of the molecule is CCNC(=NCc1cc(C(CC)CC)no1)N1CCN(C(=O)OCC)CC1.I. The van der Waals surface area contributed by atoms with Gasteiger partial charge in [0.2, 0.25) is 0 Å². The van der Waals surface area contributed by atoms with Crippen molar-refractivity contribution in [1.82, 2.24) is 20.3 Å². The summed E-state index contributed by atoms with van der Waals surface area (Å²) in [5, 5.41) is 7.53. The predicted octanol–water partition coefficient (Wildman–Crippen LogP) is 3.44. The zero-order valence-corrected chi connectivity index (χ0v) is 19.8. The molecule has 0 saturated carbocycles. The van der Waals surface area contributed by atoms with Crippen LogP contribution in [-0.4, -0.2) is 66.3 Å². The summed E-state index contributed by atoms with van der Waals surface area (Å²) in [5.41, 5.74) is 1.01. The first-order chi connectivity index (χ1) is 13.1. The summed E-state index contributed by atoms with van der Waals surface area (Å²) in [6.45, 7) is 12.5. The minimum atomic E-state index is -0.241. The molecule has 160 valence electrons. The lowest BCUT2D eigenvalue weighted by Gasteiger charge is -2.35. The topological polar surface area (TPSA) is 83.2 Å². The number of hydrogen-bond donors (Lipinski definition) is 1. The van der Waals surface area contributed by atoms with E-state index in [4.69, 9.17) is 14.3 Å². The molecule has 1 fully saturated rings. The van der Waals surface area contributed by atoms with Gasteiger partial charge in [0.1, 0.15) is 6.54 Å². The highest BCUT2D eigenvalue weighted by atomic mass is 127. The highest BCUT2D eigenvalue weighted by Gasteiger charge is 2.23. The predicted molar refractivity (Wildman–Crippen MR) is 120 cm³/mol. The van der Waals surface area contributed by atoms with E-state index in [0.717, 1.165) is 49.9 Å². The molecule has 2 rings (SSSR count). The first-order valence-corrected chi connectivity index (χ1v) is 10.0.